The molecule has 40 heavy (non-hydrogen) atoms. The summed E-state index contributed by atoms with van der Waals surface area (Å²) in [7, 11) is 0. The number of carboxylic acids is 1. The number of hydrogen-bond acceptors (Lipinski definition) is 5. The lowest BCUT2D eigenvalue weighted by molar-refractivity contribution is -0.160. The summed E-state index contributed by atoms with van der Waals surface area (Å²) >= 11 is 0. The van der Waals surface area contributed by atoms with E-state index < -0.39 is 17.7 Å². The fraction of sp³-hybridized carbons (Fsp3) is 0.485. The lowest BCUT2D eigenvalue weighted by atomic mass is 9.85. The van der Waals surface area contributed by atoms with Gasteiger partial charge in [-0.05, 0) is 99.9 Å². The summed E-state index contributed by atoms with van der Waals surface area (Å²) in [6.45, 7) is 12.0. The van der Waals surface area contributed by atoms with E-state index in [1.807, 2.05) is 52.0 Å². The van der Waals surface area contributed by atoms with Gasteiger partial charge in [0.1, 0.15) is 11.4 Å². The number of rotatable bonds is 6. The largest absolute Gasteiger partial charge is 0.493 e. The molecule has 1 fully saturated rings. The molecule has 1 amide bonds. The molecule has 2 heterocycles. The second-order valence-electron chi connectivity index (χ2n) is 12.4. The zero-order valence-electron chi connectivity index (χ0n) is 24.4. The lowest BCUT2D eigenvalue weighted by Gasteiger charge is -2.30. The molecule has 0 bridgehead atoms. The molecule has 7 heteroatoms. The summed E-state index contributed by atoms with van der Waals surface area (Å²) in [5.41, 5.74) is 3.90. The fourth-order valence-corrected chi connectivity index (χ4v) is 6.21. The standard InChI is InChI=1S/C33H40N2O5/c1-18-10-12-22(13-11-18)35-31(36)29-19(2)26(27(20(3)34-29)30(32(37)38)40-33(4,5)6)24-14-15-25-28-21(16-17-39-25)8-7-9-23(24)28/h7-9,14-15,18,22,30H,10-13,16-17H2,1-6H3,(H,35,36)(H,37,38)/t18?,22?,30-/m0/s1. The van der Waals surface area contributed by atoms with E-state index in [9.17, 15) is 14.7 Å². The minimum atomic E-state index is -1.26. The minimum Gasteiger partial charge on any atom is -0.493 e. The van der Waals surface area contributed by atoms with E-state index in [1.54, 1.807) is 6.92 Å². The van der Waals surface area contributed by atoms with E-state index in [0.717, 1.165) is 54.2 Å². The first-order chi connectivity index (χ1) is 18.9. The van der Waals surface area contributed by atoms with Crippen molar-refractivity contribution in [3.05, 3.63) is 58.4 Å². The molecule has 1 aliphatic carbocycles. The van der Waals surface area contributed by atoms with Crippen LogP contribution in [0.3, 0.4) is 0 Å². The highest BCUT2D eigenvalue weighted by molar-refractivity contribution is 6.05. The number of pyridine rings is 1. The van der Waals surface area contributed by atoms with Crippen LogP contribution in [0.2, 0.25) is 0 Å². The van der Waals surface area contributed by atoms with Crippen molar-refractivity contribution >= 4 is 22.6 Å². The van der Waals surface area contributed by atoms with E-state index in [-0.39, 0.29) is 11.9 Å². The maximum absolute atomic E-state index is 13.7. The van der Waals surface area contributed by atoms with Gasteiger partial charge in [0, 0.05) is 29.1 Å². The average molecular weight is 545 g/mol. The molecule has 2 N–H and O–H groups in total. The molecule has 1 saturated carbocycles. The summed E-state index contributed by atoms with van der Waals surface area (Å²) in [6, 6.07) is 10.2. The quantitative estimate of drug-likeness (QED) is 0.358. The van der Waals surface area contributed by atoms with E-state index in [0.29, 0.717) is 40.6 Å². The first-order valence-corrected chi connectivity index (χ1v) is 14.3. The van der Waals surface area contributed by atoms with Crippen LogP contribution in [0.25, 0.3) is 21.9 Å². The smallest absolute Gasteiger partial charge is 0.337 e. The molecule has 0 radical (unpaired) electrons. The number of carboxylic acid groups (broad SMARTS) is 1. The van der Waals surface area contributed by atoms with Crippen molar-refractivity contribution in [2.45, 2.75) is 91.4 Å². The van der Waals surface area contributed by atoms with Gasteiger partial charge < -0.3 is 19.9 Å². The molecule has 7 nitrogen and oxygen atoms in total. The lowest BCUT2D eigenvalue weighted by Crippen LogP contribution is -2.38. The fourth-order valence-electron chi connectivity index (χ4n) is 6.21. The van der Waals surface area contributed by atoms with Crippen LogP contribution in [0.4, 0.5) is 0 Å². The number of amides is 1. The Balaban J connectivity index is 1.72. The highest BCUT2D eigenvalue weighted by atomic mass is 16.5. The first-order valence-electron chi connectivity index (χ1n) is 14.3. The van der Waals surface area contributed by atoms with Crippen molar-refractivity contribution in [2.24, 2.45) is 5.92 Å². The normalized spacial score (nSPS) is 19.6. The van der Waals surface area contributed by atoms with Gasteiger partial charge in [0.15, 0.2) is 6.10 Å². The van der Waals surface area contributed by atoms with Crippen molar-refractivity contribution in [3.63, 3.8) is 0 Å². The van der Waals surface area contributed by atoms with E-state index in [2.05, 4.69) is 18.3 Å². The number of carbonyl (C=O) groups is 2. The van der Waals surface area contributed by atoms with Crippen LogP contribution in [0, 0.1) is 19.8 Å². The number of carbonyl (C=O) groups excluding carboxylic acids is 1. The van der Waals surface area contributed by atoms with Gasteiger partial charge in [-0.15, -0.1) is 0 Å². The zero-order chi connectivity index (χ0) is 28.8. The first kappa shape index (κ1) is 28.1. The van der Waals surface area contributed by atoms with Crippen molar-refractivity contribution in [1.82, 2.24) is 10.3 Å². The number of aryl methyl sites for hydroxylation is 1. The average Bonchev–Trinajstić information content (AvgIpc) is 2.90. The second kappa shape index (κ2) is 10.8. The van der Waals surface area contributed by atoms with Crippen molar-refractivity contribution in [3.8, 4) is 16.9 Å². The van der Waals surface area contributed by atoms with Gasteiger partial charge in [0.05, 0.1) is 12.2 Å². The molecule has 3 aromatic rings. The highest BCUT2D eigenvalue weighted by Gasteiger charge is 2.34. The van der Waals surface area contributed by atoms with E-state index in [1.165, 1.54) is 5.56 Å². The predicted octanol–water partition coefficient (Wildman–Crippen LogP) is 6.70. The van der Waals surface area contributed by atoms with Crippen molar-refractivity contribution in [1.29, 1.82) is 0 Å². The van der Waals surface area contributed by atoms with Crippen molar-refractivity contribution < 1.29 is 24.2 Å². The summed E-state index contributed by atoms with van der Waals surface area (Å²) in [5, 5.41) is 15.6. The molecule has 212 valence electrons. The molecule has 1 atom stereocenters. The van der Waals surface area contributed by atoms with Gasteiger partial charge in [0.2, 0.25) is 0 Å². The molecular formula is C33H40N2O5. The van der Waals surface area contributed by atoms with Crippen LogP contribution in [-0.2, 0) is 16.0 Å². The number of hydrogen-bond donors (Lipinski definition) is 2. The van der Waals surface area contributed by atoms with Gasteiger partial charge in [-0.3, -0.25) is 4.79 Å². The third-order valence-corrected chi connectivity index (χ3v) is 8.18. The number of benzene rings is 2. The Hall–Kier alpha value is -3.45. The molecule has 1 aliphatic heterocycles. The minimum absolute atomic E-state index is 0.113. The maximum Gasteiger partial charge on any atom is 0.337 e. The third-order valence-electron chi connectivity index (χ3n) is 8.18. The monoisotopic (exact) mass is 544 g/mol. The molecule has 0 unspecified atom stereocenters. The van der Waals surface area contributed by atoms with Crippen LogP contribution in [0.15, 0.2) is 30.3 Å². The number of nitrogens with zero attached hydrogens (tertiary/aromatic N) is 1. The number of nitrogens with one attached hydrogen (secondary N) is 1. The Kier molecular flexibility index (Phi) is 7.62. The summed E-state index contributed by atoms with van der Waals surface area (Å²) < 4.78 is 12.1. The Bertz CT molecular complexity index is 1450. The maximum atomic E-state index is 13.7. The topological polar surface area (TPSA) is 97.8 Å². The SMILES string of the molecule is Cc1nc(C(=O)NC2CCC(C)CC2)c(C)c(-c2ccc3c4c(cccc24)CCO3)c1[C@H](OC(C)(C)C)C(=O)O. The molecular weight excluding hydrogens is 504 g/mol. The zero-order valence-corrected chi connectivity index (χ0v) is 24.4. The third kappa shape index (κ3) is 5.44. The van der Waals surface area contributed by atoms with Gasteiger partial charge in [-0.2, -0.15) is 0 Å². The second-order valence-corrected chi connectivity index (χ2v) is 12.4. The van der Waals surface area contributed by atoms with Crippen LogP contribution < -0.4 is 10.1 Å². The Morgan fingerprint density at radius 1 is 1.10 bits per heavy atom. The van der Waals surface area contributed by atoms with Crippen LogP contribution >= 0.6 is 0 Å². The predicted molar refractivity (Wildman–Crippen MR) is 156 cm³/mol. The Morgan fingerprint density at radius 3 is 2.50 bits per heavy atom. The van der Waals surface area contributed by atoms with Crippen LogP contribution in [0.1, 0.15) is 92.4 Å². The van der Waals surface area contributed by atoms with Crippen LogP contribution in [0.5, 0.6) is 5.75 Å². The molecule has 1 aromatic heterocycles. The van der Waals surface area contributed by atoms with E-state index >= 15 is 0 Å². The van der Waals surface area contributed by atoms with E-state index in [4.69, 9.17) is 14.5 Å². The van der Waals surface area contributed by atoms with Crippen LogP contribution in [-0.4, -0.2) is 40.2 Å². The summed E-state index contributed by atoms with van der Waals surface area (Å²) in [6.07, 6.45) is 3.62. The number of aromatic nitrogens is 1. The number of aliphatic carboxylic acids is 1. The van der Waals surface area contributed by atoms with Gasteiger partial charge in [-0.25, -0.2) is 9.78 Å². The Labute approximate surface area is 236 Å². The highest BCUT2D eigenvalue weighted by Crippen LogP contribution is 2.44. The molecule has 0 saturated heterocycles. The Morgan fingerprint density at radius 2 is 1.82 bits per heavy atom. The molecule has 2 aliphatic rings. The molecule has 2 aromatic carbocycles. The van der Waals surface area contributed by atoms with Gasteiger partial charge in [0.25, 0.3) is 5.91 Å². The van der Waals surface area contributed by atoms with Gasteiger partial charge in [-0.1, -0.05) is 31.2 Å². The molecule has 5 rings (SSSR count). The number of ether oxygens (including phenoxy) is 2. The van der Waals surface area contributed by atoms with Gasteiger partial charge >= 0.3 is 5.97 Å². The van der Waals surface area contributed by atoms with Crippen molar-refractivity contribution in [2.75, 3.05) is 6.61 Å². The summed E-state index contributed by atoms with van der Waals surface area (Å²) in [5.74, 6) is 0.173. The molecule has 0 spiro atoms. The summed E-state index contributed by atoms with van der Waals surface area (Å²) in [4.78, 5) is 31.1.